The number of rotatable bonds is 5. The molecule has 0 amide bonds. The van der Waals surface area contributed by atoms with Crippen LogP contribution in [0.4, 0.5) is 18.9 Å². The molecule has 0 atom stereocenters. The third-order valence-electron chi connectivity index (χ3n) is 2.78. The first-order chi connectivity index (χ1) is 9.39. The summed E-state index contributed by atoms with van der Waals surface area (Å²) in [6.45, 7) is 1.37. The van der Waals surface area contributed by atoms with Crippen molar-refractivity contribution >= 4 is 25.4 Å². The monoisotopic (exact) mass is 345 g/mol. The molecule has 5 nitrogen and oxygen atoms in total. The van der Waals surface area contributed by atoms with Gasteiger partial charge < -0.3 is 5.73 Å². The van der Waals surface area contributed by atoms with Crippen LogP contribution in [-0.2, 0) is 25.9 Å². The molecule has 0 bridgehead atoms. The molecule has 0 spiro atoms. The number of hydrogen-bond donors (Lipinski definition) is 1. The van der Waals surface area contributed by atoms with E-state index in [0.29, 0.717) is 12.1 Å². The topological polar surface area (TPSA) is 94.3 Å². The van der Waals surface area contributed by atoms with Crippen LogP contribution >= 0.6 is 0 Å². The van der Waals surface area contributed by atoms with Crippen molar-refractivity contribution in [2.75, 3.05) is 23.0 Å². The molecule has 0 aromatic heterocycles. The number of hydrogen-bond acceptors (Lipinski definition) is 5. The lowest BCUT2D eigenvalue weighted by Gasteiger charge is -2.11. The number of benzene rings is 1. The van der Waals surface area contributed by atoms with Crippen molar-refractivity contribution in [3.63, 3.8) is 0 Å². The van der Waals surface area contributed by atoms with Crippen LogP contribution in [0.5, 0.6) is 0 Å². The molecule has 1 rings (SSSR count). The predicted molar refractivity (Wildman–Crippen MR) is 72.2 cm³/mol. The minimum Gasteiger partial charge on any atom is -0.398 e. The van der Waals surface area contributed by atoms with Gasteiger partial charge in [0.15, 0.2) is 19.7 Å². The Morgan fingerprint density at radius 1 is 1.10 bits per heavy atom. The molecule has 0 aliphatic carbocycles. The zero-order valence-electron chi connectivity index (χ0n) is 11.0. The highest BCUT2D eigenvalue weighted by Gasteiger charge is 2.32. The molecule has 0 aliphatic heterocycles. The third kappa shape index (κ3) is 4.60. The van der Waals surface area contributed by atoms with E-state index in [-0.39, 0.29) is 5.75 Å². The first-order valence-corrected chi connectivity index (χ1v) is 9.26. The molecule has 0 heterocycles. The van der Waals surface area contributed by atoms with E-state index in [0.717, 1.165) is 6.07 Å². The molecule has 0 fully saturated rings. The van der Waals surface area contributed by atoms with Gasteiger partial charge in [0.1, 0.15) is 0 Å². The summed E-state index contributed by atoms with van der Waals surface area (Å²) in [4.78, 5) is -0.498. The Kier molecular flexibility index (Phi) is 4.94. The van der Waals surface area contributed by atoms with Crippen LogP contribution in [0.2, 0.25) is 0 Å². The average molecular weight is 345 g/mol. The molecule has 0 unspecified atom stereocenters. The van der Waals surface area contributed by atoms with E-state index in [9.17, 15) is 30.0 Å². The second-order valence-electron chi connectivity index (χ2n) is 4.31. The summed E-state index contributed by atoms with van der Waals surface area (Å²) in [5.74, 6) is -1.55. The van der Waals surface area contributed by atoms with Crippen molar-refractivity contribution < 1.29 is 30.0 Å². The molecule has 10 heteroatoms. The molecular formula is C11H14F3NO4S2. The Morgan fingerprint density at radius 2 is 1.67 bits per heavy atom. The van der Waals surface area contributed by atoms with E-state index < -0.39 is 53.5 Å². The van der Waals surface area contributed by atoms with Crippen molar-refractivity contribution in [2.24, 2.45) is 0 Å². The molecule has 0 radical (unpaired) electrons. The first-order valence-electron chi connectivity index (χ1n) is 5.79. The minimum absolute atomic E-state index is 0.217. The van der Waals surface area contributed by atoms with E-state index in [2.05, 4.69) is 0 Å². The Balaban J connectivity index is 3.11. The normalized spacial score (nSPS) is 13.3. The fraction of sp³-hybridized carbons (Fsp3) is 0.455. The van der Waals surface area contributed by atoms with Gasteiger partial charge in [-0.2, -0.15) is 13.2 Å². The predicted octanol–water partition coefficient (Wildman–Crippen LogP) is 1.50. The average Bonchev–Trinajstić information content (AvgIpc) is 2.35. The fourth-order valence-electron chi connectivity index (χ4n) is 1.50. The maximum atomic E-state index is 12.5. The molecule has 120 valence electrons. The van der Waals surface area contributed by atoms with Crippen molar-refractivity contribution in [1.82, 2.24) is 0 Å². The first kappa shape index (κ1) is 17.8. The molecule has 0 aliphatic rings. The molecule has 0 saturated heterocycles. The number of alkyl halides is 3. The highest BCUT2D eigenvalue weighted by Crippen LogP contribution is 2.32. The number of halogens is 3. The van der Waals surface area contributed by atoms with Gasteiger partial charge in [-0.3, -0.25) is 0 Å². The Bertz CT molecular complexity index is 724. The van der Waals surface area contributed by atoms with E-state index in [1.807, 2.05) is 0 Å². The van der Waals surface area contributed by atoms with Crippen LogP contribution in [0.3, 0.4) is 0 Å². The van der Waals surface area contributed by atoms with Gasteiger partial charge in [-0.1, -0.05) is 6.92 Å². The quantitative estimate of drug-likeness (QED) is 0.816. The summed E-state index contributed by atoms with van der Waals surface area (Å²) in [6, 6.07) is 1.85. The fourth-order valence-corrected chi connectivity index (χ4v) is 4.59. The summed E-state index contributed by atoms with van der Waals surface area (Å²) < 4.78 is 83.9. The van der Waals surface area contributed by atoms with Crippen molar-refractivity contribution in [2.45, 2.75) is 18.0 Å². The van der Waals surface area contributed by atoms with Crippen LogP contribution in [0.15, 0.2) is 23.1 Å². The maximum Gasteiger partial charge on any atom is 0.416 e. The lowest BCUT2D eigenvalue weighted by atomic mass is 10.2. The number of sulfone groups is 2. The van der Waals surface area contributed by atoms with Crippen molar-refractivity contribution in [3.8, 4) is 0 Å². The number of nitrogen functional groups attached to an aromatic ring is 1. The van der Waals surface area contributed by atoms with Gasteiger partial charge in [0.25, 0.3) is 0 Å². The Hall–Kier alpha value is -1.29. The van der Waals surface area contributed by atoms with Crippen LogP contribution in [0, 0.1) is 0 Å². The van der Waals surface area contributed by atoms with Gasteiger partial charge in [0, 0.05) is 5.75 Å². The second kappa shape index (κ2) is 5.84. The number of nitrogens with two attached hydrogens (primary N) is 1. The lowest BCUT2D eigenvalue weighted by Crippen LogP contribution is -2.20. The van der Waals surface area contributed by atoms with E-state index in [1.165, 1.54) is 6.92 Å². The number of anilines is 1. The van der Waals surface area contributed by atoms with Crippen molar-refractivity contribution in [1.29, 1.82) is 0 Å². The van der Waals surface area contributed by atoms with Gasteiger partial charge in [0.2, 0.25) is 0 Å². The van der Waals surface area contributed by atoms with Crippen LogP contribution in [0.25, 0.3) is 0 Å². The molecule has 0 saturated carbocycles. The highest BCUT2D eigenvalue weighted by atomic mass is 32.2. The molecular weight excluding hydrogens is 331 g/mol. The van der Waals surface area contributed by atoms with Crippen molar-refractivity contribution in [3.05, 3.63) is 23.8 Å². The van der Waals surface area contributed by atoms with Gasteiger partial charge >= 0.3 is 6.18 Å². The van der Waals surface area contributed by atoms with Crippen LogP contribution in [-0.4, -0.2) is 34.1 Å². The van der Waals surface area contributed by atoms with Crippen LogP contribution in [0.1, 0.15) is 12.5 Å². The SMILES string of the molecule is CCS(=O)(=O)CCS(=O)(=O)c1ccc(C(F)(F)F)cc1N. The summed E-state index contributed by atoms with van der Waals surface area (Å²) in [7, 11) is -7.57. The Labute approximate surface area is 120 Å². The Morgan fingerprint density at radius 3 is 2.10 bits per heavy atom. The molecule has 1 aromatic rings. The van der Waals surface area contributed by atoms with Gasteiger partial charge in [-0.15, -0.1) is 0 Å². The summed E-state index contributed by atoms with van der Waals surface area (Å²) in [5.41, 5.74) is 3.72. The second-order valence-corrected chi connectivity index (χ2v) is 8.86. The molecule has 1 aromatic carbocycles. The smallest absolute Gasteiger partial charge is 0.398 e. The largest absolute Gasteiger partial charge is 0.416 e. The summed E-state index contributed by atoms with van der Waals surface area (Å²) >= 11 is 0. The van der Waals surface area contributed by atoms with E-state index >= 15 is 0 Å². The lowest BCUT2D eigenvalue weighted by molar-refractivity contribution is -0.137. The van der Waals surface area contributed by atoms with Gasteiger partial charge in [-0.05, 0) is 18.2 Å². The summed E-state index contributed by atoms with van der Waals surface area (Å²) in [6.07, 6.45) is -4.64. The zero-order chi connectivity index (χ0) is 16.5. The zero-order valence-corrected chi connectivity index (χ0v) is 12.6. The third-order valence-corrected chi connectivity index (χ3v) is 6.52. The van der Waals surface area contributed by atoms with Gasteiger partial charge in [-0.25, -0.2) is 16.8 Å². The standard InChI is InChI=1S/C11H14F3NO4S2/c1-2-20(16,17)5-6-21(18,19)10-4-3-8(7-9(10)15)11(12,13)14/h3-4,7H,2,5-6,15H2,1H3. The van der Waals surface area contributed by atoms with Gasteiger partial charge in [0.05, 0.1) is 27.7 Å². The van der Waals surface area contributed by atoms with E-state index in [4.69, 9.17) is 5.73 Å². The molecule has 21 heavy (non-hydrogen) atoms. The molecule has 2 N–H and O–H groups in total. The minimum atomic E-state index is -4.64. The maximum absolute atomic E-state index is 12.5. The highest BCUT2D eigenvalue weighted by molar-refractivity contribution is 7.95. The van der Waals surface area contributed by atoms with E-state index in [1.54, 1.807) is 0 Å². The van der Waals surface area contributed by atoms with Crippen LogP contribution < -0.4 is 5.73 Å². The summed E-state index contributed by atoms with van der Waals surface area (Å²) in [5, 5.41) is 0.